The third-order valence-corrected chi connectivity index (χ3v) is 3.13. The summed E-state index contributed by atoms with van der Waals surface area (Å²) in [5.74, 6) is -0.689. The van der Waals surface area contributed by atoms with Crippen molar-refractivity contribution in [3.63, 3.8) is 0 Å². The molecule has 0 radical (unpaired) electrons. The quantitative estimate of drug-likeness (QED) is 0.851. The van der Waals surface area contributed by atoms with Crippen LogP contribution in [0.25, 0.3) is 0 Å². The van der Waals surface area contributed by atoms with Crippen molar-refractivity contribution in [3.8, 4) is 6.07 Å². The van der Waals surface area contributed by atoms with E-state index in [4.69, 9.17) is 5.26 Å². The molecule has 0 saturated heterocycles. The predicted octanol–water partition coefficient (Wildman–Crippen LogP) is 2.39. The highest BCUT2D eigenvalue weighted by molar-refractivity contribution is 5.94. The number of carbonyl (C=O) groups is 1. The lowest BCUT2D eigenvalue weighted by Gasteiger charge is -2.21. The average molecular weight is 232 g/mol. The highest BCUT2D eigenvalue weighted by atomic mass is 19.1. The zero-order valence-corrected chi connectivity index (χ0v) is 9.37. The Hall–Kier alpha value is -1.89. The average Bonchev–Trinajstić information content (AvgIpc) is 2.79. The van der Waals surface area contributed by atoms with Crippen molar-refractivity contribution in [1.82, 2.24) is 5.32 Å². The number of carbonyl (C=O) groups excluding carboxylic acids is 1. The van der Waals surface area contributed by atoms with Crippen molar-refractivity contribution < 1.29 is 9.18 Å². The van der Waals surface area contributed by atoms with Gasteiger partial charge in [-0.15, -0.1) is 0 Å². The Morgan fingerprint density at radius 2 is 1.88 bits per heavy atom. The van der Waals surface area contributed by atoms with Gasteiger partial charge >= 0.3 is 0 Å². The van der Waals surface area contributed by atoms with Gasteiger partial charge in [0.25, 0.3) is 5.91 Å². The largest absolute Gasteiger partial charge is 0.334 e. The second-order valence-corrected chi connectivity index (χ2v) is 4.36. The van der Waals surface area contributed by atoms with Crippen LogP contribution < -0.4 is 5.32 Å². The number of rotatable bonds is 2. The maximum Gasteiger partial charge on any atom is 0.252 e. The molecule has 17 heavy (non-hydrogen) atoms. The molecule has 0 aromatic heterocycles. The van der Waals surface area contributed by atoms with Gasteiger partial charge in [-0.1, -0.05) is 0 Å². The van der Waals surface area contributed by atoms with Crippen LogP contribution in [-0.4, -0.2) is 11.4 Å². The Balaban J connectivity index is 2.11. The first-order valence-electron chi connectivity index (χ1n) is 5.65. The minimum Gasteiger partial charge on any atom is -0.334 e. The third-order valence-electron chi connectivity index (χ3n) is 3.13. The van der Waals surface area contributed by atoms with E-state index in [1.54, 1.807) is 0 Å². The lowest BCUT2D eigenvalue weighted by atomic mass is 9.99. The standard InChI is InChI=1S/C13H13FN2O/c14-11-5-3-10(4-6-11)12(17)16-13(9-15)7-1-2-8-13/h3-6H,1-2,7-8H2,(H,16,17). The fourth-order valence-corrected chi connectivity index (χ4v) is 2.13. The van der Waals surface area contributed by atoms with Crippen LogP contribution >= 0.6 is 0 Å². The lowest BCUT2D eigenvalue weighted by Crippen LogP contribution is -2.45. The zero-order chi connectivity index (χ0) is 12.3. The zero-order valence-electron chi connectivity index (χ0n) is 9.37. The summed E-state index contributed by atoms with van der Waals surface area (Å²) in [6.07, 6.45) is 3.29. The first-order valence-corrected chi connectivity index (χ1v) is 5.65. The molecule has 1 N–H and O–H groups in total. The molecular formula is C13H13FN2O. The van der Waals surface area contributed by atoms with Crippen LogP contribution in [0, 0.1) is 17.1 Å². The lowest BCUT2D eigenvalue weighted by molar-refractivity contribution is 0.0920. The van der Waals surface area contributed by atoms with E-state index in [1.807, 2.05) is 0 Å². The van der Waals surface area contributed by atoms with Gasteiger partial charge in [-0.05, 0) is 49.9 Å². The van der Waals surface area contributed by atoms with Gasteiger partial charge < -0.3 is 5.32 Å². The van der Waals surface area contributed by atoms with Gasteiger partial charge in [-0.2, -0.15) is 5.26 Å². The van der Waals surface area contributed by atoms with Gasteiger partial charge in [0.2, 0.25) is 0 Å². The molecule has 4 heteroatoms. The highest BCUT2D eigenvalue weighted by Gasteiger charge is 2.35. The van der Waals surface area contributed by atoms with Crippen molar-refractivity contribution in [2.45, 2.75) is 31.2 Å². The Morgan fingerprint density at radius 1 is 1.29 bits per heavy atom. The van der Waals surface area contributed by atoms with Crippen LogP contribution in [0.4, 0.5) is 4.39 Å². The predicted molar refractivity (Wildman–Crippen MR) is 60.7 cm³/mol. The van der Waals surface area contributed by atoms with E-state index < -0.39 is 5.54 Å². The summed E-state index contributed by atoms with van der Waals surface area (Å²) < 4.78 is 12.7. The van der Waals surface area contributed by atoms with Crippen LogP contribution in [0.1, 0.15) is 36.0 Å². The second-order valence-electron chi connectivity index (χ2n) is 4.36. The molecule has 0 heterocycles. The van der Waals surface area contributed by atoms with E-state index in [2.05, 4.69) is 11.4 Å². The first kappa shape index (κ1) is 11.6. The third kappa shape index (κ3) is 2.44. The second kappa shape index (κ2) is 4.54. The van der Waals surface area contributed by atoms with Gasteiger partial charge in [0.15, 0.2) is 0 Å². The van der Waals surface area contributed by atoms with Crippen LogP contribution in [-0.2, 0) is 0 Å². The number of hydrogen-bond donors (Lipinski definition) is 1. The van der Waals surface area contributed by atoms with Gasteiger partial charge in [-0.25, -0.2) is 4.39 Å². The molecule has 0 unspecified atom stereocenters. The molecule has 1 saturated carbocycles. The summed E-state index contributed by atoms with van der Waals surface area (Å²) in [6, 6.07) is 7.50. The smallest absolute Gasteiger partial charge is 0.252 e. The van der Waals surface area contributed by atoms with E-state index in [-0.39, 0.29) is 11.7 Å². The van der Waals surface area contributed by atoms with Crippen molar-refractivity contribution in [2.75, 3.05) is 0 Å². The van der Waals surface area contributed by atoms with E-state index in [0.29, 0.717) is 18.4 Å². The summed E-state index contributed by atoms with van der Waals surface area (Å²) in [5, 5.41) is 11.9. The Morgan fingerprint density at radius 3 is 2.41 bits per heavy atom. The molecule has 0 spiro atoms. The van der Waals surface area contributed by atoms with Crippen molar-refractivity contribution in [1.29, 1.82) is 5.26 Å². The minimum atomic E-state index is -0.731. The summed E-state index contributed by atoms with van der Waals surface area (Å²) in [7, 11) is 0. The number of nitrogens with zero attached hydrogens (tertiary/aromatic N) is 1. The van der Waals surface area contributed by atoms with Gasteiger partial charge in [-0.3, -0.25) is 4.79 Å². The SMILES string of the molecule is N#CC1(NC(=O)c2ccc(F)cc2)CCCC1. The van der Waals surface area contributed by atoms with Gasteiger partial charge in [0, 0.05) is 5.56 Å². The van der Waals surface area contributed by atoms with Crippen LogP contribution in [0.15, 0.2) is 24.3 Å². The molecule has 0 atom stereocenters. The van der Waals surface area contributed by atoms with E-state index >= 15 is 0 Å². The minimum absolute atomic E-state index is 0.312. The molecule has 0 bridgehead atoms. The number of nitriles is 1. The molecule has 1 aromatic rings. The van der Waals surface area contributed by atoms with Gasteiger partial charge in [0.1, 0.15) is 11.4 Å². The maximum absolute atomic E-state index is 12.7. The Bertz CT molecular complexity index is 455. The Kier molecular flexibility index (Phi) is 3.10. The molecule has 1 fully saturated rings. The van der Waals surface area contributed by atoms with Gasteiger partial charge in [0.05, 0.1) is 6.07 Å². The first-order chi connectivity index (χ1) is 8.15. The molecule has 2 rings (SSSR count). The van der Waals surface area contributed by atoms with Crippen molar-refractivity contribution in [3.05, 3.63) is 35.6 Å². The molecule has 1 aromatic carbocycles. The number of hydrogen-bond acceptors (Lipinski definition) is 2. The van der Waals surface area contributed by atoms with Crippen LogP contribution in [0.2, 0.25) is 0 Å². The molecule has 1 amide bonds. The fourth-order valence-electron chi connectivity index (χ4n) is 2.13. The number of halogens is 1. The van der Waals surface area contributed by atoms with Crippen molar-refractivity contribution in [2.24, 2.45) is 0 Å². The Labute approximate surface area is 99.2 Å². The molecule has 1 aliphatic rings. The maximum atomic E-state index is 12.7. The summed E-state index contributed by atoms with van der Waals surface area (Å²) in [5.41, 5.74) is -0.348. The number of benzene rings is 1. The highest BCUT2D eigenvalue weighted by Crippen LogP contribution is 2.29. The molecule has 88 valence electrons. The van der Waals surface area contributed by atoms with Crippen molar-refractivity contribution >= 4 is 5.91 Å². The molecule has 3 nitrogen and oxygen atoms in total. The topological polar surface area (TPSA) is 52.9 Å². The van der Waals surface area contributed by atoms with E-state index in [0.717, 1.165) is 12.8 Å². The van der Waals surface area contributed by atoms with Crippen LogP contribution in [0.3, 0.4) is 0 Å². The number of nitrogens with one attached hydrogen (secondary N) is 1. The molecular weight excluding hydrogens is 219 g/mol. The number of amides is 1. The fraction of sp³-hybridized carbons (Fsp3) is 0.385. The van der Waals surface area contributed by atoms with E-state index in [9.17, 15) is 9.18 Å². The monoisotopic (exact) mass is 232 g/mol. The molecule has 1 aliphatic carbocycles. The van der Waals surface area contributed by atoms with E-state index in [1.165, 1.54) is 24.3 Å². The summed E-state index contributed by atoms with van der Waals surface area (Å²) in [4.78, 5) is 11.9. The summed E-state index contributed by atoms with van der Waals surface area (Å²) >= 11 is 0. The van der Waals surface area contributed by atoms with Crippen LogP contribution in [0.5, 0.6) is 0 Å². The summed E-state index contributed by atoms with van der Waals surface area (Å²) in [6.45, 7) is 0. The molecule has 0 aliphatic heterocycles. The normalized spacial score (nSPS) is 17.4.